The van der Waals surface area contributed by atoms with Gasteiger partial charge in [0.25, 0.3) is 6.71 Å². The summed E-state index contributed by atoms with van der Waals surface area (Å²) in [7, 11) is 0. The lowest BCUT2D eigenvalue weighted by atomic mass is 9.33. The predicted octanol–water partition coefficient (Wildman–Crippen LogP) is 26.6. The van der Waals surface area contributed by atoms with Crippen molar-refractivity contribution in [1.29, 1.82) is 10.5 Å². The lowest BCUT2D eigenvalue weighted by molar-refractivity contribution is 0.568. The van der Waals surface area contributed by atoms with Gasteiger partial charge in [-0.2, -0.15) is 10.5 Å². The Morgan fingerprint density at radius 1 is 0.229 bits per heavy atom. The molecule has 0 saturated heterocycles. The summed E-state index contributed by atoms with van der Waals surface area (Å²) in [6.07, 6.45) is 0. The highest BCUT2D eigenvalue weighted by Gasteiger charge is 2.47. The molecule has 2 aliphatic rings. The highest BCUT2D eigenvalue weighted by Crippen LogP contribution is 2.57. The Hall–Kier alpha value is -11.5. The highest BCUT2D eigenvalue weighted by molar-refractivity contribution is 7.00. The van der Waals surface area contributed by atoms with Crippen molar-refractivity contribution >= 4 is 57.2 Å². The molecule has 0 radical (unpaired) electrons. The molecule has 0 aromatic heterocycles. The predicted molar refractivity (Wildman–Crippen MR) is 466 cm³/mol. The smallest absolute Gasteiger partial charge is 0.252 e. The normalized spacial score (nSPS) is 13.0. The van der Waals surface area contributed by atoms with E-state index in [2.05, 4.69) is 395 Å². The zero-order valence-electron chi connectivity index (χ0n) is 66.8. The van der Waals surface area contributed by atoms with E-state index in [1.54, 1.807) is 0 Å². The molecule has 0 spiro atoms. The van der Waals surface area contributed by atoms with Gasteiger partial charge in [-0.3, -0.25) is 0 Å². The zero-order valence-corrected chi connectivity index (χ0v) is 66.8. The van der Waals surface area contributed by atoms with Gasteiger partial charge >= 0.3 is 0 Å². The number of nitriles is 2. The maximum Gasteiger partial charge on any atom is 0.252 e. The van der Waals surface area contributed by atoms with E-state index in [9.17, 15) is 10.5 Å². The van der Waals surface area contributed by atoms with Gasteiger partial charge < -0.3 is 9.80 Å². The largest absolute Gasteiger partial charge is 0.310 e. The Labute approximate surface area is 649 Å². The van der Waals surface area contributed by atoms with Crippen LogP contribution in [0.4, 0.5) is 34.1 Å². The van der Waals surface area contributed by atoms with Crippen LogP contribution in [-0.2, 0) is 32.5 Å². The lowest BCUT2D eigenvalue weighted by Crippen LogP contribution is -2.61. The third kappa shape index (κ3) is 13.7. The van der Waals surface area contributed by atoms with Crippen molar-refractivity contribution in [1.82, 2.24) is 0 Å². The minimum atomic E-state index is -0.394. The Kier molecular flexibility index (Phi) is 18.3. The molecule has 15 rings (SSSR count). The van der Waals surface area contributed by atoms with Crippen molar-refractivity contribution in [3.63, 3.8) is 0 Å². The molecule has 0 bridgehead atoms. The van der Waals surface area contributed by atoms with Crippen LogP contribution >= 0.6 is 0 Å². The fraction of sp³-hybridized carbons (Fsp3) is 0.231. The van der Waals surface area contributed by atoms with Crippen LogP contribution in [0.1, 0.15) is 169 Å². The number of hydrogen-bond donors (Lipinski definition) is 0. The average Bonchev–Trinajstić information content (AvgIpc) is 0.685. The second kappa shape index (κ2) is 27.3. The van der Waals surface area contributed by atoms with Crippen LogP contribution in [0.15, 0.2) is 273 Å². The van der Waals surface area contributed by atoms with Crippen LogP contribution in [0, 0.1) is 22.7 Å². The van der Waals surface area contributed by atoms with E-state index < -0.39 is 5.41 Å². The Bertz CT molecular complexity index is 5740. The number of hydrogen-bond acceptors (Lipinski definition) is 4. The summed E-state index contributed by atoms with van der Waals surface area (Å²) in [5, 5.41) is 22.3. The first-order valence-electron chi connectivity index (χ1n) is 38.8. The molecule has 2 heterocycles. The lowest BCUT2D eigenvalue weighted by Gasteiger charge is -2.46. The van der Waals surface area contributed by atoms with Gasteiger partial charge in [-0.25, -0.2) is 0 Å². The van der Waals surface area contributed by atoms with E-state index in [0.717, 1.165) is 123 Å². The SMILES string of the molecule is CC(C)(C)c1cccc(-c2ccc3c(c2)B2c4cc(-c5ccccc5)ccc4N(c4c(-c5ccccc5)cc(-c5ccccc5C#N)cc4-c4cc(C(C)(C)C)cc(C(C)(C)C)c4)c4cc(C(C)(C)C)cc(c42)N3c2c(-c3ccccc3)cc(-c3ccccc3C#N)cc2-c2cc(C(C)(C)C)cc(C(C)(C)C)c2)c1. The molecule has 0 saturated carbocycles. The maximum absolute atomic E-state index is 11.1. The Morgan fingerprint density at radius 2 is 0.523 bits per heavy atom. The van der Waals surface area contributed by atoms with E-state index in [1.807, 2.05) is 24.3 Å². The van der Waals surface area contributed by atoms with Crippen LogP contribution in [-0.4, -0.2) is 6.71 Å². The molecule has 538 valence electrons. The number of benzene rings is 13. The van der Waals surface area contributed by atoms with Crippen LogP contribution in [0.2, 0.25) is 0 Å². The summed E-state index contributed by atoms with van der Waals surface area (Å²) < 4.78 is 0. The summed E-state index contributed by atoms with van der Waals surface area (Å²) in [5.74, 6) is 0. The molecule has 2 aliphatic heterocycles. The fourth-order valence-electron chi connectivity index (χ4n) is 16.2. The number of nitrogens with zero attached hydrogens (tertiary/aromatic N) is 4. The monoisotopic (exact) mass is 1410 g/mol. The molecule has 0 amide bonds. The van der Waals surface area contributed by atoms with Gasteiger partial charge in [0.05, 0.1) is 34.6 Å². The first-order chi connectivity index (χ1) is 51.7. The first-order valence-corrected chi connectivity index (χ1v) is 38.8. The van der Waals surface area contributed by atoms with E-state index in [1.165, 1.54) is 49.8 Å². The first kappa shape index (κ1) is 73.0. The van der Waals surface area contributed by atoms with Gasteiger partial charge in [0.1, 0.15) is 0 Å². The third-order valence-electron chi connectivity index (χ3n) is 22.6. The van der Waals surface area contributed by atoms with E-state index in [4.69, 9.17) is 0 Å². The molecule has 0 aliphatic carbocycles. The molecule has 0 N–H and O–H groups in total. The van der Waals surface area contributed by atoms with Crippen LogP contribution in [0.5, 0.6) is 0 Å². The quantitative estimate of drug-likeness (QED) is 0.128. The van der Waals surface area contributed by atoms with Gasteiger partial charge in [-0.15, -0.1) is 0 Å². The van der Waals surface area contributed by atoms with E-state index in [-0.39, 0.29) is 33.8 Å². The van der Waals surface area contributed by atoms with Crippen LogP contribution < -0.4 is 26.2 Å². The molecule has 13 aromatic carbocycles. The second-order valence-corrected chi connectivity index (χ2v) is 36.5. The van der Waals surface area contributed by atoms with E-state index >= 15 is 0 Å². The number of anilines is 6. The van der Waals surface area contributed by atoms with Gasteiger partial charge in [-0.05, 0) is 210 Å². The van der Waals surface area contributed by atoms with E-state index in [0.29, 0.717) is 11.1 Å². The minimum Gasteiger partial charge on any atom is -0.310 e. The molecular formula is C104H99BN4. The third-order valence-corrected chi connectivity index (χ3v) is 22.6. The summed E-state index contributed by atoms with van der Waals surface area (Å²) in [6.45, 7) is 41.7. The number of fused-ring (bicyclic) bond motifs is 4. The minimum absolute atomic E-state index is 0.0995. The molecular weight excluding hydrogens is 1320 g/mol. The molecule has 0 unspecified atom stereocenters. The van der Waals surface area contributed by atoms with Gasteiger partial charge in [-0.1, -0.05) is 337 Å². The summed E-state index contributed by atoms with van der Waals surface area (Å²) in [4.78, 5) is 5.36. The van der Waals surface area contributed by atoms with Crippen LogP contribution in [0.25, 0.3) is 89.0 Å². The Balaban J connectivity index is 1.18. The Morgan fingerprint density at radius 3 is 0.890 bits per heavy atom. The van der Waals surface area contributed by atoms with Crippen molar-refractivity contribution in [2.24, 2.45) is 0 Å². The molecule has 0 fully saturated rings. The van der Waals surface area contributed by atoms with Crippen molar-refractivity contribution in [3.8, 4) is 101 Å². The molecule has 4 nitrogen and oxygen atoms in total. The number of rotatable bonds is 10. The summed E-state index contributed by atoms with van der Waals surface area (Å²) >= 11 is 0. The molecule has 5 heteroatoms. The molecule has 109 heavy (non-hydrogen) atoms. The van der Waals surface area contributed by atoms with Crippen molar-refractivity contribution in [3.05, 3.63) is 317 Å². The zero-order chi connectivity index (χ0) is 77.0. The molecule has 0 atom stereocenters. The average molecular weight is 1420 g/mol. The van der Waals surface area contributed by atoms with Gasteiger partial charge in [0.2, 0.25) is 0 Å². The standard InChI is InChI=1S/C104H99BN4/c1-99(2,3)78-42-32-41-69(49-78)71-46-48-93-91(59-71)105-90-58-70(66-33-22-19-23-34-66)45-47-92(90)108(97-86(67-35-24-20-25-36-67)54-76(84-43-30-28-39-72(84)64-106)56-88(97)74-50-79(100(4,5)6)60-80(51-74)101(7,8)9)94-62-83(104(16,17)18)63-95(96(94)105)109(93)98-87(68-37-26-21-27-38-68)55-77(85-44-31-29-40-73(85)65-107)57-89(98)75-52-81(102(10,11)12)61-82(53-75)103(13,14)15/h19-63H,1-18H3. The van der Waals surface area contributed by atoms with Crippen LogP contribution in [0.3, 0.4) is 0 Å². The van der Waals surface area contributed by atoms with Crippen molar-refractivity contribution < 1.29 is 0 Å². The fourth-order valence-corrected chi connectivity index (χ4v) is 16.2. The second-order valence-electron chi connectivity index (χ2n) is 36.5. The maximum atomic E-state index is 11.1. The van der Waals surface area contributed by atoms with Crippen molar-refractivity contribution in [2.75, 3.05) is 9.80 Å². The van der Waals surface area contributed by atoms with Gasteiger partial charge in [0, 0.05) is 45.0 Å². The summed E-state index contributed by atoms with van der Waals surface area (Å²) in [5.41, 5.74) is 34.0. The molecule has 13 aromatic rings. The topological polar surface area (TPSA) is 54.1 Å². The van der Waals surface area contributed by atoms with Gasteiger partial charge in [0.15, 0.2) is 0 Å². The highest BCUT2D eigenvalue weighted by atomic mass is 15.2. The summed E-state index contributed by atoms with van der Waals surface area (Å²) in [6, 6.07) is 108. The van der Waals surface area contributed by atoms with Crippen molar-refractivity contribution in [2.45, 2.75) is 157 Å².